The molecule has 3 nitrogen and oxygen atoms in total. The van der Waals surface area contributed by atoms with Gasteiger partial charge in [0.2, 0.25) is 5.82 Å². The minimum atomic E-state index is -1.22. The lowest BCUT2D eigenvalue weighted by Gasteiger charge is -2.09. The van der Waals surface area contributed by atoms with Crippen LogP contribution in [0.1, 0.15) is 15.9 Å². The average Bonchev–Trinajstić information content (AvgIpc) is 2.41. The van der Waals surface area contributed by atoms with E-state index in [0.29, 0.717) is 0 Å². The Bertz CT molecular complexity index is 656. The van der Waals surface area contributed by atoms with Crippen LogP contribution in [0.2, 0.25) is 0 Å². The first-order valence-corrected chi connectivity index (χ1v) is 5.57. The molecule has 6 heteroatoms. The van der Waals surface area contributed by atoms with E-state index in [1.54, 1.807) is 0 Å². The molecular weight excluding hydrogens is 273 g/mol. The standard InChI is InChI=1S/C14H9F3O3/c15-10-5-4-8(14(18)19)6-9(10)7-20-12-3-1-2-11(16)13(12)17/h1-6H,7H2,(H,18,19). The van der Waals surface area contributed by atoms with Gasteiger partial charge in [-0.3, -0.25) is 0 Å². The van der Waals surface area contributed by atoms with E-state index in [9.17, 15) is 18.0 Å². The Morgan fingerprint density at radius 3 is 2.55 bits per heavy atom. The molecule has 0 unspecified atom stereocenters. The molecule has 0 bridgehead atoms. The van der Waals surface area contributed by atoms with Crippen molar-refractivity contribution in [3.8, 4) is 5.75 Å². The van der Waals surface area contributed by atoms with Gasteiger partial charge < -0.3 is 9.84 Å². The first-order chi connectivity index (χ1) is 9.49. The Kier molecular flexibility index (Phi) is 3.93. The zero-order chi connectivity index (χ0) is 14.7. The summed E-state index contributed by atoms with van der Waals surface area (Å²) in [4.78, 5) is 10.8. The number of hydrogen-bond acceptors (Lipinski definition) is 2. The van der Waals surface area contributed by atoms with E-state index in [0.717, 1.165) is 24.3 Å². The van der Waals surface area contributed by atoms with Crippen molar-refractivity contribution < 1.29 is 27.8 Å². The zero-order valence-electron chi connectivity index (χ0n) is 10.1. The molecule has 0 saturated carbocycles. The van der Waals surface area contributed by atoms with Crippen LogP contribution in [-0.2, 0) is 6.61 Å². The highest BCUT2D eigenvalue weighted by molar-refractivity contribution is 5.87. The summed E-state index contributed by atoms with van der Waals surface area (Å²) in [6, 6.07) is 6.52. The molecule has 0 radical (unpaired) electrons. The molecule has 2 aromatic rings. The maximum atomic E-state index is 13.5. The maximum Gasteiger partial charge on any atom is 0.335 e. The maximum absolute atomic E-state index is 13.5. The first kappa shape index (κ1) is 13.9. The van der Waals surface area contributed by atoms with Gasteiger partial charge in [-0.2, -0.15) is 4.39 Å². The highest BCUT2D eigenvalue weighted by Crippen LogP contribution is 2.21. The summed E-state index contributed by atoms with van der Waals surface area (Å²) in [7, 11) is 0. The van der Waals surface area contributed by atoms with Gasteiger partial charge in [-0.05, 0) is 30.3 Å². The zero-order valence-corrected chi connectivity index (χ0v) is 10.1. The summed E-state index contributed by atoms with van der Waals surface area (Å²) in [5.41, 5.74) is -0.182. The van der Waals surface area contributed by atoms with Gasteiger partial charge in [0.25, 0.3) is 0 Å². The van der Waals surface area contributed by atoms with Crippen molar-refractivity contribution in [1.82, 2.24) is 0 Å². The lowest BCUT2D eigenvalue weighted by Crippen LogP contribution is -2.04. The van der Waals surface area contributed by atoms with Gasteiger partial charge in [0.15, 0.2) is 11.6 Å². The van der Waals surface area contributed by atoms with Gasteiger partial charge in [-0.1, -0.05) is 6.07 Å². The Balaban J connectivity index is 2.20. The van der Waals surface area contributed by atoms with Crippen LogP contribution in [0.5, 0.6) is 5.75 Å². The van der Waals surface area contributed by atoms with Crippen LogP contribution < -0.4 is 4.74 Å². The molecule has 0 atom stereocenters. The van der Waals surface area contributed by atoms with E-state index in [2.05, 4.69) is 0 Å². The van der Waals surface area contributed by atoms with E-state index >= 15 is 0 Å². The molecule has 2 rings (SSSR count). The van der Waals surface area contributed by atoms with Crippen LogP contribution in [0, 0.1) is 17.5 Å². The van der Waals surface area contributed by atoms with Crippen molar-refractivity contribution >= 4 is 5.97 Å². The predicted molar refractivity (Wildman–Crippen MR) is 64.0 cm³/mol. The number of carboxylic acids is 1. The second kappa shape index (κ2) is 5.64. The van der Waals surface area contributed by atoms with Gasteiger partial charge in [0.05, 0.1) is 5.56 Å². The highest BCUT2D eigenvalue weighted by atomic mass is 19.2. The smallest absolute Gasteiger partial charge is 0.335 e. The molecular formula is C14H9F3O3. The Hall–Kier alpha value is -2.50. The molecule has 104 valence electrons. The van der Waals surface area contributed by atoms with Gasteiger partial charge in [-0.15, -0.1) is 0 Å². The minimum Gasteiger partial charge on any atom is -0.486 e. The number of benzene rings is 2. The number of carboxylic acid groups (broad SMARTS) is 1. The number of carbonyl (C=O) groups is 1. The van der Waals surface area contributed by atoms with Gasteiger partial charge >= 0.3 is 5.97 Å². The summed E-state index contributed by atoms with van der Waals surface area (Å²) < 4.78 is 44.7. The van der Waals surface area contributed by atoms with Crippen molar-refractivity contribution in [2.75, 3.05) is 0 Å². The third kappa shape index (κ3) is 2.90. The molecule has 0 aliphatic heterocycles. The van der Waals surface area contributed by atoms with Gasteiger partial charge in [0.1, 0.15) is 12.4 Å². The fraction of sp³-hybridized carbons (Fsp3) is 0.0714. The Morgan fingerprint density at radius 2 is 1.85 bits per heavy atom. The molecule has 0 fully saturated rings. The quantitative estimate of drug-likeness (QED) is 0.935. The monoisotopic (exact) mass is 282 g/mol. The SMILES string of the molecule is O=C(O)c1ccc(F)c(COc2cccc(F)c2F)c1. The van der Waals surface area contributed by atoms with Crippen LogP contribution in [-0.4, -0.2) is 11.1 Å². The molecule has 1 N–H and O–H groups in total. The summed E-state index contributed by atoms with van der Waals surface area (Å²) >= 11 is 0. The van der Waals surface area contributed by atoms with Crippen LogP contribution in [0.4, 0.5) is 13.2 Å². The summed E-state index contributed by atoms with van der Waals surface area (Å²) in [5.74, 6) is -4.54. The molecule has 0 aliphatic carbocycles. The first-order valence-electron chi connectivity index (χ1n) is 5.57. The Morgan fingerprint density at radius 1 is 1.10 bits per heavy atom. The number of rotatable bonds is 4. The normalized spacial score (nSPS) is 10.3. The van der Waals surface area contributed by atoms with Crippen LogP contribution in [0.15, 0.2) is 36.4 Å². The fourth-order valence-corrected chi connectivity index (χ4v) is 1.57. The topological polar surface area (TPSA) is 46.5 Å². The Labute approximate surface area is 112 Å². The third-order valence-corrected chi connectivity index (χ3v) is 2.59. The van der Waals surface area contributed by atoms with E-state index in [-0.39, 0.29) is 16.9 Å². The van der Waals surface area contributed by atoms with E-state index < -0.39 is 30.0 Å². The molecule has 0 spiro atoms. The third-order valence-electron chi connectivity index (χ3n) is 2.59. The summed E-state index contributed by atoms with van der Waals surface area (Å²) in [5, 5.41) is 8.79. The molecule has 0 heterocycles. The van der Waals surface area contributed by atoms with Crippen LogP contribution >= 0.6 is 0 Å². The number of ether oxygens (including phenoxy) is 1. The fourth-order valence-electron chi connectivity index (χ4n) is 1.57. The molecule has 20 heavy (non-hydrogen) atoms. The van der Waals surface area contributed by atoms with Crippen molar-refractivity contribution in [3.63, 3.8) is 0 Å². The average molecular weight is 282 g/mol. The lowest BCUT2D eigenvalue weighted by molar-refractivity contribution is 0.0696. The van der Waals surface area contributed by atoms with Gasteiger partial charge in [0, 0.05) is 5.56 Å². The molecule has 0 saturated heterocycles. The highest BCUT2D eigenvalue weighted by Gasteiger charge is 2.12. The van der Waals surface area contributed by atoms with Crippen LogP contribution in [0.3, 0.4) is 0 Å². The van der Waals surface area contributed by atoms with Crippen molar-refractivity contribution in [2.24, 2.45) is 0 Å². The molecule has 0 aromatic heterocycles. The molecule has 0 amide bonds. The van der Waals surface area contributed by atoms with Crippen molar-refractivity contribution in [2.45, 2.75) is 6.61 Å². The lowest BCUT2D eigenvalue weighted by atomic mass is 10.1. The number of hydrogen-bond donors (Lipinski definition) is 1. The van der Waals surface area contributed by atoms with Gasteiger partial charge in [-0.25, -0.2) is 13.6 Å². The summed E-state index contributed by atoms with van der Waals surface area (Å²) in [6.45, 7) is -0.409. The van der Waals surface area contributed by atoms with Crippen LogP contribution in [0.25, 0.3) is 0 Å². The van der Waals surface area contributed by atoms with E-state index in [1.807, 2.05) is 0 Å². The second-order valence-electron chi connectivity index (χ2n) is 3.95. The molecule has 0 aliphatic rings. The number of aromatic carboxylic acids is 1. The minimum absolute atomic E-state index is 0.0615. The second-order valence-corrected chi connectivity index (χ2v) is 3.95. The largest absolute Gasteiger partial charge is 0.486 e. The van der Waals surface area contributed by atoms with E-state index in [4.69, 9.17) is 9.84 Å². The van der Waals surface area contributed by atoms with E-state index in [1.165, 1.54) is 12.1 Å². The summed E-state index contributed by atoms with van der Waals surface area (Å²) in [6.07, 6.45) is 0. The van der Waals surface area contributed by atoms with Crippen molar-refractivity contribution in [3.05, 3.63) is 65.0 Å². The predicted octanol–water partition coefficient (Wildman–Crippen LogP) is 3.38. The molecule has 2 aromatic carbocycles. The van der Waals surface area contributed by atoms with Crippen molar-refractivity contribution in [1.29, 1.82) is 0 Å². The number of halogens is 3.